The predicted molar refractivity (Wildman–Crippen MR) is 98.5 cm³/mol. The maximum atomic E-state index is 5.59. The number of nitrogens with zero attached hydrogens (tertiary/aromatic N) is 2. The molecule has 0 spiro atoms. The van der Waals surface area contributed by atoms with Crippen molar-refractivity contribution in [2.75, 3.05) is 39.6 Å². The molecule has 0 amide bonds. The number of hydrogen-bond acceptors (Lipinski definition) is 3. The fraction of sp³-hybridized carbons (Fsp3) is 0.400. The van der Waals surface area contributed by atoms with Crippen LogP contribution in [0.15, 0.2) is 57.1 Å². The molecule has 4 aliphatic rings. The number of benzene rings is 1. The van der Waals surface area contributed by atoms with Crippen LogP contribution in [0.4, 0.5) is 0 Å². The summed E-state index contributed by atoms with van der Waals surface area (Å²) >= 11 is 0. The van der Waals surface area contributed by atoms with Gasteiger partial charge in [0.15, 0.2) is 5.41 Å². The molecule has 1 aromatic heterocycles. The standard InChI is InChI=1S/C20H23N5O/c1-16-7-8-18(26-16)9-21-22-19(17-5-3-2-4-6-17)20-10-23-13-24(11-20)15-25(12-20)14-23/h2-9H,10-15H2,1H3/p+3/b21-9-,22-19+. The number of furan rings is 1. The van der Waals surface area contributed by atoms with E-state index in [0.29, 0.717) is 0 Å². The first kappa shape index (κ1) is 15.9. The molecule has 6 heteroatoms. The van der Waals surface area contributed by atoms with Gasteiger partial charge in [-0.1, -0.05) is 30.3 Å². The molecule has 0 radical (unpaired) electrons. The summed E-state index contributed by atoms with van der Waals surface area (Å²) in [4.78, 5) is 5.11. The summed E-state index contributed by atoms with van der Waals surface area (Å²) < 4.78 is 5.59. The zero-order valence-electron chi connectivity index (χ0n) is 15.2. The average Bonchev–Trinajstić information content (AvgIpc) is 3.03. The van der Waals surface area contributed by atoms with Gasteiger partial charge < -0.3 is 4.42 Å². The first-order valence-corrected chi connectivity index (χ1v) is 9.44. The normalized spacial score (nSPS) is 33.3. The number of aryl methyl sites for hydroxylation is 1. The van der Waals surface area contributed by atoms with Crippen LogP contribution in [0.25, 0.3) is 0 Å². The largest absolute Gasteiger partial charge is 0.460 e. The third kappa shape index (κ3) is 2.80. The van der Waals surface area contributed by atoms with Gasteiger partial charge in [0, 0.05) is 0 Å². The van der Waals surface area contributed by atoms with Crippen LogP contribution < -0.4 is 14.7 Å². The van der Waals surface area contributed by atoms with E-state index in [1.807, 2.05) is 19.1 Å². The van der Waals surface area contributed by atoms with Crippen LogP contribution in [0.5, 0.6) is 0 Å². The molecular weight excluding hydrogens is 326 g/mol. The fourth-order valence-electron chi connectivity index (χ4n) is 5.23. The van der Waals surface area contributed by atoms with Gasteiger partial charge in [0.2, 0.25) is 20.0 Å². The van der Waals surface area contributed by atoms with Gasteiger partial charge in [-0.05, 0) is 24.6 Å². The van der Waals surface area contributed by atoms with Gasteiger partial charge in [0.05, 0.1) is 11.9 Å². The quantitative estimate of drug-likeness (QED) is 0.431. The number of nitrogens with one attached hydrogen (secondary N) is 3. The second kappa shape index (κ2) is 6.16. The molecule has 1 aromatic carbocycles. The predicted octanol–water partition coefficient (Wildman–Crippen LogP) is -2.03. The lowest BCUT2D eigenvalue weighted by atomic mass is 9.74. The molecule has 2 aromatic rings. The molecule has 6 nitrogen and oxygen atoms in total. The zero-order valence-corrected chi connectivity index (χ0v) is 15.2. The molecule has 4 aliphatic heterocycles. The van der Waals surface area contributed by atoms with Crippen LogP contribution in [-0.2, 0) is 0 Å². The summed E-state index contributed by atoms with van der Waals surface area (Å²) in [7, 11) is 0. The first-order chi connectivity index (χ1) is 12.7. The van der Waals surface area contributed by atoms with Crippen molar-refractivity contribution >= 4 is 11.9 Å². The monoisotopic (exact) mass is 352 g/mol. The number of rotatable bonds is 4. The SMILES string of the molecule is Cc1ccc(/C=N\N=C(/c2ccccc2)C23C[NH+]4C[NH+](C[NH+](C4)C2)C3)o1. The maximum absolute atomic E-state index is 5.59. The molecule has 26 heavy (non-hydrogen) atoms. The van der Waals surface area contributed by atoms with E-state index in [-0.39, 0.29) is 5.41 Å². The van der Waals surface area contributed by atoms with Crippen LogP contribution in [0.2, 0.25) is 0 Å². The highest BCUT2D eigenvalue weighted by Crippen LogP contribution is 2.23. The number of quaternary nitrogens is 3. The zero-order chi connectivity index (χ0) is 17.6. The van der Waals surface area contributed by atoms with Crippen molar-refractivity contribution in [1.29, 1.82) is 0 Å². The summed E-state index contributed by atoms with van der Waals surface area (Å²) in [5.41, 5.74) is 2.46. The van der Waals surface area contributed by atoms with Crippen LogP contribution >= 0.6 is 0 Å². The lowest BCUT2D eigenvalue weighted by molar-refractivity contribution is -1.30. The fourth-order valence-corrected chi connectivity index (χ4v) is 5.23. The summed E-state index contributed by atoms with van der Waals surface area (Å²) in [5.74, 6) is 1.64. The Labute approximate surface area is 153 Å². The van der Waals surface area contributed by atoms with Gasteiger partial charge in [-0.3, -0.25) is 0 Å². The van der Waals surface area contributed by atoms with Crippen LogP contribution in [-0.4, -0.2) is 51.6 Å². The Bertz CT molecular complexity index is 819. The van der Waals surface area contributed by atoms with E-state index in [4.69, 9.17) is 9.52 Å². The van der Waals surface area contributed by atoms with E-state index in [0.717, 1.165) is 17.2 Å². The molecule has 134 valence electrons. The van der Waals surface area contributed by atoms with Crippen molar-refractivity contribution in [1.82, 2.24) is 0 Å². The molecule has 5 heterocycles. The Morgan fingerprint density at radius 3 is 2.19 bits per heavy atom. The van der Waals surface area contributed by atoms with Crippen molar-refractivity contribution in [3.05, 3.63) is 59.5 Å². The highest BCUT2D eigenvalue weighted by Gasteiger charge is 2.60. The molecule has 4 fully saturated rings. The van der Waals surface area contributed by atoms with Crippen LogP contribution in [0.3, 0.4) is 0 Å². The van der Waals surface area contributed by atoms with Crippen molar-refractivity contribution in [3.63, 3.8) is 0 Å². The molecule has 4 saturated heterocycles. The molecule has 3 N–H and O–H groups in total. The van der Waals surface area contributed by atoms with Gasteiger partial charge in [0.25, 0.3) is 0 Å². The maximum Gasteiger partial charge on any atom is 0.213 e. The van der Waals surface area contributed by atoms with Gasteiger partial charge >= 0.3 is 0 Å². The Morgan fingerprint density at radius 2 is 1.62 bits per heavy atom. The van der Waals surface area contributed by atoms with E-state index in [9.17, 15) is 0 Å². The third-order valence-electron chi connectivity index (χ3n) is 5.92. The molecule has 4 bridgehead atoms. The lowest BCUT2D eigenvalue weighted by Gasteiger charge is -2.52. The van der Waals surface area contributed by atoms with E-state index < -0.39 is 0 Å². The van der Waals surface area contributed by atoms with Gasteiger partial charge in [-0.2, -0.15) is 10.2 Å². The summed E-state index contributed by atoms with van der Waals surface area (Å²) in [6, 6.07) is 14.5. The minimum Gasteiger partial charge on any atom is -0.460 e. The highest BCUT2D eigenvalue weighted by atomic mass is 16.3. The van der Waals surface area contributed by atoms with Crippen molar-refractivity contribution < 1.29 is 19.1 Å². The van der Waals surface area contributed by atoms with Crippen LogP contribution in [0.1, 0.15) is 17.1 Å². The highest BCUT2D eigenvalue weighted by molar-refractivity contribution is 6.05. The van der Waals surface area contributed by atoms with Crippen molar-refractivity contribution in [2.45, 2.75) is 6.92 Å². The molecular formula is C20H26N5O+3. The molecule has 0 unspecified atom stereocenters. The smallest absolute Gasteiger partial charge is 0.213 e. The van der Waals surface area contributed by atoms with Gasteiger partial charge in [-0.15, -0.1) is 0 Å². The van der Waals surface area contributed by atoms with Crippen LogP contribution in [0, 0.1) is 12.3 Å². The average molecular weight is 352 g/mol. The third-order valence-corrected chi connectivity index (χ3v) is 5.92. The second-order valence-electron chi connectivity index (χ2n) is 8.10. The summed E-state index contributed by atoms with van der Waals surface area (Å²) in [6.07, 6.45) is 1.73. The number of hydrogen-bond donors (Lipinski definition) is 3. The van der Waals surface area contributed by atoms with E-state index in [1.165, 1.54) is 45.2 Å². The summed E-state index contributed by atoms with van der Waals surface area (Å²) in [6.45, 7) is 9.21. The van der Waals surface area contributed by atoms with E-state index in [2.05, 4.69) is 35.4 Å². The van der Waals surface area contributed by atoms with Crippen molar-refractivity contribution in [2.24, 2.45) is 15.6 Å². The van der Waals surface area contributed by atoms with E-state index in [1.54, 1.807) is 20.9 Å². The second-order valence-corrected chi connectivity index (χ2v) is 8.10. The van der Waals surface area contributed by atoms with E-state index >= 15 is 0 Å². The van der Waals surface area contributed by atoms with Crippen molar-refractivity contribution in [3.8, 4) is 0 Å². The minimum atomic E-state index is 0.118. The Balaban J connectivity index is 1.52. The molecule has 0 saturated carbocycles. The minimum absolute atomic E-state index is 0.118. The first-order valence-electron chi connectivity index (χ1n) is 9.44. The Kier molecular flexibility index (Phi) is 3.77. The topological polar surface area (TPSA) is 51.2 Å². The molecule has 0 atom stereocenters. The lowest BCUT2D eigenvalue weighted by Crippen LogP contribution is -3.56. The van der Waals surface area contributed by atoms with Gasteiger partial charge in [0.1, 0.15) is 31.2 Å². The molecule has 0 aliphatic carbocycles. The molecule has 6 rings (SSSR count). The Hall–Kier alpha value is -2.28. The van der Waals surface area contributed by atoms with Gasteiger partial charge in [-0.25, -0.2) is 14.7 Å². The Morgan fingerprint density at radius 1 is 0.962 bits per heavy atom. The summed E-state index contributed by atoms with van der Waals surface area (Å²) in [5, 5.41) is 9.20.